The second-order valence-electron chi connectivity index (χ2n) is 13.1. The molecule has 0 unspecified atom stereocenters. The lowest BCUT2D eigenvalue weighted by Gasteiger charge is -2.61. The molecule has 0 heterocycles. The lowest BCUT2D eigenvalue weighted by atomic mass is 9.44. The molecule has 33 heavy (non-hydrogen) atoms. The summed E-state index contributed by atoms with van der Waals surface area (Å²) >= 11 is 0. The first-order valence-electron chi connectivity index (χ1n) is 13.6. The summed E-state index contributed by atoms with van der Waals surface area (Å²) in [6.45, 7) is 8.18. The van der Waals surface area contributed by atoms with E-state index in [0.717, 1.165) is 29.6 Å². The maximum Gasteiger partial charge on any atom is 0.242 e. The Morgan fingerprint density at radius 1 is 0.879 bits per heavy atom. The van der Waals surface area contributed by atoms with Crippen molar-refractivity contribution >= 4 is 10.0 Å². The molecule has 0 aromatic heterocycles. The highest BCUT2D eigenvalue weighted by Gasteiger charge is 2.56. The van der Waals surface area contributed by atoms with Crippen molar-refractivity contribution in [3.05, 3.63) is 30.3 Å². The molecule has 4 fully saturated rings. The lowest BCUT2D eigenvalue weighted by molar-refractivity contribution is -0.115. The highest BCUT2D eigenvalue weighted by molar-refractivity contribution is 7.89. The normalized spacial score (nSPS) is 40.5. The van der Waals surface area contributed by atoms with Gasteiger partial charge in [-0.05, 0) is 116 Å². The Morgan fingerprint density at radius 3 is 2.36 bits per heavy atom. The van der Waals surface area contributed by atoms with Crippen LogP contribution in [0.1, 0.15) is 85.0 Å². The van der Waals surface area contributed by atoms with Gasteiger partial charge in [0.15, 0.2) is 0 Å². The Labute approximate surface area is 202 Å². The van der Waals surface area contributed by atoms with Crippen LogP contribution in [0.15, 0.2) is 35.2 Å². The summed E-state index contributed by atoms with van der Waals surface area (Å²) in [4.78, 5) is 0.423. The molecule has 3 nitrogen and oxygen atoms in total. The van der Waals surface area contributed by atoms with Crippen LogP contribution < -0.4 is 0 Å². The summed E-state index contributed by atoms with van der Waals surface area (Å²) in [5.41, 5.74) is 0.836. The first kappa shape index (κ1) is 23.9. The SMILES string of the molecule is CN(C[C@H]1CCC[C@H]2[C@@H]3CC[C@@H]4CC(C)(C)CC[C@@H]4[C@H]3CC[C@]12C)S(=O)(=O)c1ccccc1. The molecule has 4 heteroatoms. The van der Waals surface area contributed by atoms with Gasteiger partial charge < -0.3 is 0 Å². The minimum absolute atomic E-state index is 0.292. The highest BCUT2D eigenvalue weighted by atomic mass is 32.2. The van der Waals surface area contributed by atoms with Crippen molar-refractivity contribution in [2.75, 3.05) is 13.6 Å². The van der Waals surface area contributed by atoms with Gasteiger partial charge in [0.2, 0.25) is 10.0 Å². The first-order chi connectivity index (χ1) is 15.6. The molecular weight excluding hydrogens is 426 g/mol. The Morgan fingerprint density at radius 2 is 1.61 bits per heavy atom. The number of sulfonamides is 1. The third-order valence-corrected chi connectivity index (χ3v) is 12.7. The van der Waals surface area contributed by atoms with Crippen LogP contribution in [0.3, 0.4) is 0 Å². The number of hydrogen-bond acceptors (Lipinski definition) is 2. The van der Waals surface area contributed by atoms with Crippen LogP contribution in [-0.4, -0.2) is 26.3 Å². The fraction of sp³-hybridized carbons (Fsp3) is 0.793. The predicted molar refractivity (Wildman–Crippen MR) is 135 cm³/mol. The third kappa shape index (κ3) is 4.22. The Balaban J connectivity index is 1.33. The van der Waals surface area contributed by atoms with E-state index in [4.69, 9.17) is 0 Å². The van der Waals surface area contributed by atoms with Gasteiger partial charge in [-0.15, -0.1) is 0 Å². The molecule has 4 aliphatic rings. The summed E-state index contributed by atoms with van der Waals surface area (Å²) in [6.07, 6.45) is 13.7. The molecule has 0 saturated heterocycles. The molecule has 0 radical (unpaired) electrons. The molecule has 184 valence electrons. The maximum atomic E-state index is 13.2. The van der Waals surface area contributed by atoms with Crippen LogP contribution in [0.2, 0.25) is 0 Å². The summed E-state index contributed by atoms with van der Waals surface area (Å²) < 4.78 is 28.1. The second-order valence-corrected chi connectivity index (χ2v) is 15.2. The largest absolute Gasteiger partial charge is 0.242 e. The molecule has 4 aliphatic carbocycles. The van der Waals surface area contributed by atoms with E-state index in [9.17, 15) is 8.42 Å². The van der Waals surface area contributed by atoms with Crippen molar-refractivity contribution in [2.24, 2.45) is 46.3 Å². The summed E-state index contributed by atoms with van der Waals surface area (Å²) in [5.74, 6) is 5.00. The zero-order chi connectivity index (χ0) is 23.4. The van der Waals surface area contributed by atoms with Crippen LogP contribution in [0.4, 0.5) is 0 Å². The topological polar surface area (TPSA) is 37.4 Å². The molecule has 5 rings (SSSR count). The fourth-order valence-corrected chi connectivity index (χ4v) is 10.3. The Kier molecular flexibility index (Phi) is 6.26. The van der Waals surface area contributed by atoms with E-state index >= 15 is 0 Å². The van der Waals surface area contributed by atoms with Crippen molar-refractivity contribution in [1.82, 2.24) is 4.31 Å². The van der Waals surface area contributed by atoms with Crippen molar-refractivity contribution in [2.45, 2.75) is 89.9 Å². The van der Waals surface area contributed by atoms with Gasteiger partial charge in [0.1, 0.15) is 0 Å². The quantitative estimate of drug-likeness (QED) is 0.474. The van der Waals surface area contributed by atoms with Gasteiger partial charge in [-0.25, -0.2) is 12.7 Å². The fourth-order valence-electron chi connectivity index (χ4n) is 9.10. The van der Waals surface area contributed by atoms with Gasteiger partial charge in [0, 0.05) is 13.6 Å². The van der Waals surface area contributed by atoms with Crippen molar-refractivity contribution in [3.63, 3.8) is 0 Å². The molecule has 0 spiro atoms. The molecule has 1 aromatic carbocycles. The highest BCUT2D eigenvalue weighted by Crippen LogP contribution is 2.63. The summed E-state index contributed by atoms with van der Waals surface area (Å²) in [5, 5.41) is 0. The number of fused-ring (bicyclic) bond motifs is 5. The Bertz CT molecular complexity index is 942. The van der Waals surface area contributed by atoms with Crippen LogP contribution >= 0.6 is 0 Å². The molecule has 7 atom stereocenters. The molecule has 0 bridgehead atoms. The summed E-state index contributed by atoms with van der Waals surface area (Å²) in [7, 11) is -1.62. The van der Waals surface area contributed by atoms with Crippen LogP contribution in [-0.2, 0) is 10.0 Å². The third-order valence-electron chi connectivity index (χ3n) is 10.9. The van der Waals surface area contributed by atoms with E-state index < -0.39 is 10.0 Å². The van der Waals surface area contributed by atoms with Gasteiger partial charge in [0.05, 0.1) is 4.90 Å². The smallest absolute Gasteiger partial charge is 0.207 e. The molecule has 0 aliphatic heterocycles. The number of hydrogen-bond donors (Lipinski definition) is 0. The van der Waals surface area contributed by atoms with Gasteiger partial charge in [-0.3, -0.25) is 0 Å². The van der Waals surface area contributed by atoms with E-state index in [0.29, 0.717) is 28.2 Å². The lowest BCUT2D eigenvalue weighted by Crippen LogP contribution is -2.54. The molecule has 0 amide bonds. The maximum absolute atomic E-state index is 13.2. The second kappa shape index (κ2) is 8.66. The standard InChI is InChI=1S/C29H45NO2S/c1-28(2)17-15-24-21(19-28)13-14-26-25(24)16-18-29(3)22(9-8-12-27(26)29)20-30(4)33(31,32)23-10-6-5-7-11-23/h5-7,10-11,21-22,24-27H,8-9,12-20H2,1-4H3/t21-,22-,24+,25-,26-,27+,29-/m1/s1. The van der Waals surface area contributed by atoms with Gasteiger partial charge in [-0.1, -0.05) is 45.4 Å². The van der Waals surface area contributed by atoms with E-state index in [1.54, 1.807) is 23.5 Å². The van der Waals surface area contributed by atoms with Gasteiger partial charge in [0.25, 0.3) is 0 Å². The van der Waals surface area contributed by atoms with E-state index in [1.807, 2.05) is 18.2 Å². The van der Waals surface area contributed by atoms with Crippen LogP contribution in [0, 0.1) is 46.3 Å². The molecular formula is C29H45NO2S. The monoisotopic (exact) mass is 471 g/mol. The summed E-state index contributed by atoms with van der Waals surface area (Å²) in [6, 6.07) is 8.98. The number of benzene rings is 1. The van der Waals surface area contributed by atoms with Gasteiger partial charge in [-0.2, -0.15) is 0 Å². The number of rotatable bonds is 4. The van der Waals surface area contributed by atoms with E-state index in [2.05, 4.69) is 20.8 Å². The molecule has 0 N–H and O–H groups in total. The molecule has 4 saturated carbocycles. The number of nitrogens with zero attached hydrogens (tertiary/aromatic N) is 1. The van der Waals surface area contributed by atoms with Crippen molar-refractivity contribution in [1.29, 1.82) is 0 Å². The average molecular weight is 472 g/mol. The predicted octanol–water partition coefficient (Wildman–Crippen LogP) is 6.99. The van der Waals surface area contributed by atoms with Crippen molar-refractivity contribution < 1.29 is 8.42 Å². The van der Waals surface area contributed by atoms with Gasteiger partial charge >= 0.3 is 0 Å². The first-order valence-corrected chi connectivity index (χ1v) is 15.1. The minimum atomic E-state index is -3.42. The zero-order valence-electron chi connectivity index (χ0n) is 21.3. The van der Waals surface area contributed by atoms with Crippen LogP contribution in [0.5, 0.6) is 0 Å². The van der Waals surface area contributed by atoms with E-state index in [1.165, 1.54) is 64.2 Å². The van der Waals surface area contributed by atoms with E-state index in [-0.39, 0.29) is 0 Å². The van der Waals surface area contributed by atoms with Crippen LogP contribution in [0.25, 0.3) is 0 Å². The Hall–Kier alpha value is -0.870. The minimum Gasteiger partial charge on any atom is -0.207 e. The average Bonchev–Trinajstić information content (AvgIpc) is 2.79. The van der Waals surface area contributed by atoms with Crippen molar-refractivity contribution in [3.8, 4) is 0 Å². The molecule has 1 aromatic rings. The zero-order valence-corrected chi connectivity index (χ0v) is 22.1.